The fourth-order valence-corrected chi connectivity index (χ4v) is 2.15. The van der Waals surface area contributed by atoms with E-state index in [4.69, 9.17) is 19.6 Å². The Kier molecular flexibility index (Phi) is 5.42. The van der Waals surface area contributed by atoms with Gasteiger partial charge in [0, 0.05) is 6.92 Å². The summed E-state index contributed by atoms with van der Waals surface area (Å²) in [5.74, 6) is -0.624. The van der Waals surface area contributed by atoms with Gasteiger partial charge in [-0.05, 0) is 0 Å². The van der Waals surface area contributed by atoms with Crippen LogP contribution >= 0.6 is 7.82 Å². The lowest BCUT2D eigenvalue weighted by Gasteiger charge is -2.41. The van der Waals surface area contributed by atoms with Crippen molar-refractivity contribution in [1.29, 1.82) is 0 Å². The van der Waals surface area contributed by atoms with Gasteiger partial charge in [0.2, 0.25) is 5.91 Å². The van der Waals surface area contributed by atoms with Gasteiger partial charge in [-0.1, -0.05) is 0 Å². The Morgan fingerprint density at radius 1 is 1.37 bits per heavy atom. The predicted octanol–water partition coefficient (Wildman–Crippen LogP) is -2.96. The van der Waals surface area contributed by atoms with E-state index in [0.717, 1.165) is 6.92 Å². The quantitative estimate of drug-likeness (QED) is 0.297. The number of carbonyl (C=O) groups excluding carboxylic acids is 1. The molecule has 0 aliphatic carbocycles. The molecule has 1 rings (SSSR count). The van der Waals surface area contributed by atoms with E-state index in [-0.39, 0.29) is 0 Å². The van der Waals surface area contributed by atoms with Gasteiger partial charge in [-0.2, -0.15) is 0 Å². The molecule has 112 valence electrons. The molecule has 1 amide bonds. The van der Waals surface area contributed by atoms with Gasteiger partial charge in [0.1, 0.15) is 24.4 Å². The molecule has 0 aromatic carbocycles. The van der Waals surface area contributed by atoms with Crippen LogP contribution in [0.2, 0.25) is 0 Å². The molecule has 0 spiro atoms. The van der Waals surface area contributed by atoms with Crippen LogP contribution in [0, 0.1) is 0 Å². The number of phosphoric acid groups is 1. The number of aliphatic hydroxyl groups is 3. The largest absolute Gasteiger partial charge is 0.472 e. The normalized spacial score (nSPS) is 36.0. The molecule has 0 aromatic rings. The van der Waals surface area contributed by atoms with E-state index < -0.39 is 51.0 Å². The number of nitrogens with one attached hydrogen (secondary N) is 1. The summed E-state index contributed by atoms with van der Waals surface area (Å²) in [4.78, 5) is 28.4. The molecule has 6 N–H and O–H groups in total. The minimum Gasteiger partial charge on any atom is -0.394 e. The molecule has 19 heavy (non-hydrogen) atoms. The van der Waals surface area contributed by atoms with E-state index in [1.54, 1.807) is 0 Å². The van der Waals surface area contributed by atoms with Crippen LogP contribution in [-0.4, -0.2) is 68.3 Å². The number of aliphatic hydroxyl groups excluding tert-OH is 3. The van der Waals surface area contributed by atoms with Crippen LogP contribution in [0.25, 0.3) is 0 Å². The Bertz CT molecular complexity index is 371. The molecule has 5 atom stereocenters. The van der Waals surface area contributed by atoms with Crippen molar-refractivity contribution < 1.29 is 43.7 Å². The smallest absolute Gasteiger partial charge is 0.394 e. The Morgan fingerprint density at radius 2 is 1.95 bits per heavy atom. The van der Waals surface area contributed by atoms with Gasteiger partial charge >= 0.3 is 7.82 Å². The summed E-state index contributed by atoms with van der Waals surface area (Å²) >= 11 is 0. The lowest BCUT2D eigenvalue weighted by molar-refractivity contribution is -0.248. The highest BCUT2D eigenvalue weighted by Gasteiger charge is 2.47. The van der Waals surface area contributed by atoms with Crippen molar-refractivity contribution in [2.75, 3.05) is 6.61 Å². The molecule has 1 aliphatic heterocycles. The highest BCUT2D eigenvalue weighted by atomic mass is 31.2. The highest BCUT2D eigenvalue weighted by Crippen LogP contribution is 2.40. The standard InChI is InChI=1S/C8H16NO9P/c1-3(11)9-5-7(13)6(12)4(2-10)17-8(5)18-19(14,15)16/h4-8,10,12-13H,2H2,1H3,(H,9,11)(H2,14,15,16)/t4-,5+,6-,7-,8+/m1/s1. The first-order chi connectivity index (χ1) is 8.65. The van der Waals surface area contributed by atoms with Crippen molar-refractivity contribution in [3.63, 3.8) is 0 Å². The predicted molar refractivity (Wildman–Crippen MR) is 58.5 cm³/mol. The van der Waals surface area contributed by atoms with Gasteiger partial charge in [0.15, 0.2) is 6.29 Å². The number of amides is 1. The van der Waals surface area contributed by atoms with Crippen molar-refractivity contribution >= 4 is 13.7 Å². The van der Waals surface area contributed by atoms with Crippen LogP contribution in [-0.2, 0) is 18.6 Å². The zero-order valence-electron chi connectivity index (χ0n) is 9.91. The van der Waals surface area contributed by atoms with Crippen molar-refractivity contribution in [3.05, 3.63) is 0 Å². The second kappa shape index (κ2) is 6.25. The lowest BCUT2D eigenvalue weighted by atomic mass is 9.97. The first-order valence-electron chi connectivity index (χ1n) is 5.29. The van der Waals surface area contributed by atoms with Crippen LogP contribution in [0.4, 0.5) is 0 Å². The average molecular weight is 301 g/mol. The Morgan fingerprint density at radius 3 is 2.37 bits per heavy atom. The molecule has 0 radical (unpaired) electrons. The molecular formula is C8H16NO9P. The number of carbonyl (C=O) groups is 1. The topological polar surface area (TPSA) is 166 Å². The van der Waals surface area contributed by atoms with E-state index in [9.17, 15) is 19.6 Å². The Hall–Kier alpha value is -0.580. The van der Waals surface area contributed by atoms with Crippen molar-refractivity contribution in [2.45, 2.75) is 37.6 Å². The Balaban J connectivity index is 2.92. The number of rotatable bonds is 4. The maximum atomic E-state index is 11.0. The number of hydrogen-bond donors (Lipinski definition) is 6. The third kappa shape index (κ3) is 4.48. The van der Waals surface area contributed by atoms with Gasteiger partial charge in [0.05, 0.1) is 6.61 Å². The van der Waals surface area contributed by atoms with Gasteiger partial charge in [0.25, 0.3) is 0 Å². The van der Waals surface area contributed by atoms with E-state index in [1.165, 1.54) is 0 Å². The second-order valence-electron chi connectivity index (χ2n) is 4.03. The molecule has 10 nitrogen and oxygen atoms in total. The maximum absolute atomic E-state index is 11.0. The van der Waals surface area contributed by atoms with Crippen molar-refractivity contribution in [3.8, 4) is 0 Å². The summed E-state index contributed by atoms with van der Waals surface area (Å²) in [5.41, 5.74) is 0. The Labute approximate surface area is 108 Å². The minimum absolute atomic E-state index is 0.624. The molecule has 1 saturated heterocycles. The third-order valence-corrected chi connectivity index (χ3v) is 2.97. The molecular weight excluding hydrogens is 285 g/mol. The minimum atomic E-state index is -4.95. The fourth-order valence-electron chi connectivity index (χ4n) is 1.70. The fraction of sp³-hybridized carbons (Fsp3) is 0.875. The zero-order chi connectivity index (χ0) is 14.8. The summed E-state index contributed by atoms with van der Waals surface area (Å²) in [5, 5.41) is 30.5. The summed E-state index contributed by atoms with van der Waals surface area (Å²) in [6.07, 6.45) is -6.17. The summed E-state index contributed by atoms with van der Waals surface area (Å²) in [6.45, 7) is 0.401. The second-order valence-corrected chi connectivity index (χ2v) is 5.22. The molecule has 0 unspecified atom stereocenters. The highest BCUT2D eigenvalue weighted by molar-refractivity contribution is 7.46. The monoisotopic (exact) mass is 301 g/mol. The molecule has 11 heteroatoms. The summed E-state index contributed by atoms with van der Waals surface area (Å²) in [6, 6.07) is -1.39. The first-order valence-corrected chi connectivity index (χ1v) is 6.82. The summed E-state index contributed by atoms with van der Waals surface area (Å²) in [7, 11) is -4.95. The van der Waals surface area contributed by atoms with Crippen molar-refractivity contribution in [1.82, 2.24) is 5.32 Å². The van der Waals surface area contributed by atoms with Gasteiger partial charge in [-0.25, -0.2) is 4.57 Å². The number of hydrogen-bond acceptors (Lipinski definition) is 7. The van der Waals surface area contributed by atoms with Gasteiger partial charge in [-0.3, -0.25) is 9.32 Å². The molecule has 0 aromatic heterocycles. The van der Waals surface area contributed by atoms with E-state index in [1.807, 2.05) is 0 Å². The van der Waals surface area contributed by atoms with Crippen LogP contribution in [0.15, 0.2) is 0 Å². The van der Waals surface area contributed by atoms with Crippen LogP contribution < -0.4 is 5.32 Å². The number of ether oxygens (including phenoxy) is 1. The third-order valence-electron chi connectivity index (χ3n) is 2.49. The van der Waals surface area contributed by atoms with Gasteiger partial charge in [-0.15, -0.1) is 0 Å². The molecule has 1 heterocycles. The van der Waals surface area contributed by atoms with Crippen LogP contribution in [0.5, 0.6) is 0 Å². The SMILES string of the molecule is CC(=O)N[C@@H]1[C@H](OP(=O)(O)O)O[C@H](CO)[C@@H](O)[C@@H]1O. The van der Waals surface area contributed by atoms with Crippen LogP contribution in [0.3, 0.4) is 0 Å². The summed E-state index contributed by atoms with van der Waals surface area (Å²) < 4.78 is 20.0. The zero-order valence-corrected chi connectivity index (χ0v) is 10.8. The average Bonchev–Trinajstić information content (AvgIpc) is 2.26. The first kappa shape index (κ1) is 16.5. The van der Waals surface area contributed by atoms with E-state index in [2.05, 4.69) is 9.84 Å². The van der Waals surface area contributed by atoms with Gasteiger partial charge < -0.3 is 35.2 Å². The van der Waals surface area contributed by atoms with E-state index in [0.29, 0.717) is 0 Å². The molecule has 0 bridgehead atoms. The molecule has 1 fully saturated rings. The lowest BCUT2D eigenvalue weighted by Crippen LogP contribution is -2.64. The van der Waals surface area contributed by atoms with Crippen molar-refractivity contribution in [2.24, 2.45) is 0 Å². The van der Waals surface area contributed by atoms with E-state index >= 15 is 0 Å². The number of phosphoric ester groups is 1. The molecule has 0 saturated carbocycles. The molecule has 1 aliphatic rings. The maximum Gasteiger partial charge on any atom is 0.472 e. The van der Waals surface area contributed by atoms with Crippen LogP contribution in [0.1, 0.15) is 6.92 Å².